The fraction of sp³-hybridized carbons (Fsp3) is 0.750. The minimum absolute atomic E-state index is 0.949. The number of H-pyrrole nitrogens is 2. The Kier molecular flexibility index (Phi) is 8.27. The lowest BCUT2D eigenvalue weighted by Crippen LogP contribution is -1.90. The number of nitrogens with zero attached hydrogens (tertiary/aromatic N) is 4. The Labute approximate surface area is 132 Å². The molecule has 0 saturated carbocycles. The summed E-state index contributed by atoms with van der Waals surface area (Å²) in [6, 6.07) is 0. The first-order valence-electron chi connectivity index (χ1n) is 8.64. The standard InChI is InChI=1S/C16H28N6/c1(3-5-7-9-11-15-17-13-19-21-15)2-4-6-8-10-12-16-18-14-20-22-16/h13-14H,1-12H2,(H,17,19,21)(H,18,20,22). The number of nitrogens with one attached hydrogen (secondary N) is 2. The average molecular weight is 304 g/mol. The van der Waals surface area contributed by atoms with Crippen LogP contribution in [-0.4, -0.2) is 30.4 Å². The van der Waals surface area contributed by atoms with E-state index in [0.29, 0.717) is 0 Å². The Morgan fingerprint density at radius 3 is 1.23 bits per heavy atom. The maximum Gasteiger partial charge on any atom is 0.150 e. The van der Waals surface area contributed by atoms with Gasteiger partial charge in [0.05, 0.1) is 0 Å². The number of aryl methyl sites for hydroxylation is 2. The van der Waals surface area contributed by atoms with E-state index in [0.717, 1.165) is 24.5 Å². The zero-order chi connectivity index (χ0) is 15.3. The van der Waals surface area contributed by atoms with Crippen LogP contribution >= 0.6 is 0 Å². The third-order valence-electron chi connectivity index (χ3n) is 3.98. The maximum atomic E-state index is 4.14. The molecular formula is C16H28N6. The van der Waals surface area contributed by atoms with Gasteiger partial charge in [-0.3, -0.25) is 10.2 Å². The second-order valence-electron chi connectivity index (χ2n) is 5.87. The summed E-state index contributed by atoms with van der Waals surface area (Å²) in [5.74, 6) is 1.90. The smallest absolute Gasteiger partial charge is 0.150 e. The van der Waals surface area contributed by atoms with Gasteiger partial charge in [0.1, 0.15) is 24.3 Å². The van der Waals surface area contributed by atoms with Crippen LogP contribution in [0.2, 0.25) is 0 Å². The Balaban J connectivity index is 1.29. The van der Waals surface area contributed by atoms with E-state index in [1.54, 1.807) is 12.7 Å². The van der Waals surface area contributed by atoms with Gasteiger partial charge in [0.2, 0.25) is 0 Å². The first-order valence-corrected chi connectivity index (χ1v) is 8.64. The average Bonchev–Trinajstić information content (AvgIpc) is 3.21. The summed E-state index contributed by atoms with van der Waals surface area (Å²) in [6.07, 6.45) is 18.5. The molecule has 122 valence electrons. The van der Waals surface area contributed by atoms with Crippen molar-refractivity contribution >= 4 is 0 Å². The molecule has 0 bridgehead atoms. The van der Waals surface area contributed by atoms with Crippen LogP contribution in [0.15, 0.2) is 12.7 Å². The van der Waals surface area contributed by atoms with Gasteiger partial charge in [-0.2, -0.15) is 10.2 Å². The molecule has 2 aromatic rings. The molecule has 0 amide bonds. The Morgan fingerprint density at radius 2 is 0.909 bits per heavy atom. The maximum absolute atomic E-state index is 4.14. The lowest BCUT2D eigenvalue weighted by atomic mass is 10.1. The molecule has 0 unspecified atom stereocenters. The normalized spacial score (nSPS) is 11.1. The van der Waals surface area contributed by atoms with E-state index >= 15 is 0 Å². The van der Waals surface area contributed by atoms with Crippen LogP contribution in [0.4, 0.5) is 0 Å². The molecule has 2 aromatic heterocycles. The molecule has 0 fully saturated rings. The van der Waals surface area contributed by atoms with E-state index < -0.39 is 0 Å². The molecule has 6 heteroatoms. The molecule has 0 aromatic carbocycles. The molecule has 2 rings (SSSR count). The second kappa shape index (κ2) is 10.9. The van der Waals surface area contributed by atoms with E-state index in [2.05, 4.69) is 30.4 Å². The number of hydrogen-bond donors (Lipinski definition) is 2. The molecule has 0 saturated heterocycles. The summed E-state index contributed by atoms with van der Waals surface area (Å²) in [6.45, 7) is 0. The van der Waals surface area contributed by atoms with Crippen LogP contribution in [0.3, 0.4) is 0 Å². The highest BCUT2D eigenvalue weighted by Crippen LogP contribution is 2.12. The molecule has 22 heavy (non-hydrogen) atoms. The van der Waals surface area contributed by atoms with E-state index in [9.17, 15) is 0 Å². The van der Waals surface area contributed by atoms with Crippen LogP contribution < -0.4 is 0 Å². The van der Waals surface area contributed by atoms with E-state index in [4.69, 9.17) is 0 Å². The van der Waals surface area contributed by atoms with Gasteiger partial charge in [-0.1, -0.05) is 51.4 Å². The van der Waals surface area contributed by atoms with Crippen LogP contribution in [0.25, 0.3) is 0 Å². The van der Waals surface area contributed by atoms with Crippen molar-refractivity contribution in [3.8, 4) is 0 Å². The predicted molar refractivity (Wildman–Crippen MR) is 86.3 cm³/mol. The fourth-order valence-electron chi connectivity index (χ4n) is 2.69. The molecule has 2 N–H and O–H groups in total. The van der Waals surface area contributed by atoms with Gasteiger partial charge in [-0.15, -0.1) is 0 Å². The summed E-state index contributed by atoms with van der Waals surface area (Å²) in [7, 11) is 0. The largest absolute Gasteiger partial charge is 0.266 e. The first-order chi connectivity index (χ1) is 10.9. The van der Waals surface area contributed by atoms with E-state index in [1.165, 1.54) is 64.2 Å². The zero-order valence-electron chi connectivity index (χ0n) is 13.4. The molecule has 2 heterocycles. The molecule has 0 aliphatic rings. The number of hydrogen-bond acceptors (Lipinski definition) is 4. The van der Waals surface area contributed by atoms with Gasteiger partial charge in [0, 0.05) is 12.8 Å². The summed E-state index contributed by atoms with van der Waals surface area (Å²) in [5.41, 5.74) is 0. The summed E-state index contributed by atoms with van der Waals surface area (Å²) in [4.78, 5) is 8.28. The van der Waals surface area contributed by atoms with E-state index in [1.807, 2.05) is 0 Å². The van der Waals surface area contributed by atoms with Gasteiger partial charge in [-0.25, -0.2) is 9.97 Å². The van der Waals surface area contributed by atoms with Crippen LogP contribution in [-0.2, 0) is 12.8 Å². The molecule has 0 spiro atoms. The second-order valence-corrected chi connectivity index (χ2v) is 5.87. The molecule has 0 atom stereocenters. The Hall–Kier alpha value is -1.72. The summed E-state index contributed by atoms with van der Waals surface area (Å²) >= 11 is 0. The van der Waals surface area contributed by atoms with Crippen molar-refractivity contribution in [1.29, 1.82) is 0 Å². The number of aromatic amines is 2. The SMILES string of the molecule is c1nc(CCCCCCCCCCCCc2nc[nH]n2)n[nH]1. The van der Waals surface area contributed by atoms with Gasteiger partial charge in [-0.05, 0) is 12.8 Å². The van der Waals surface area contributed by atoms with Gasteiger partial charge < -0.3 is 0 Å². The fourth-order valence-corrected chi connectivity index (χ4v) is 2.69. The minimum atomic E-state index is 0.949. The lowest BCUT2D eigenvalue weighted by Gasteiger charge is -2.02. The zero-order valence-corrected chi connectivity index (χ0v) is 13.4. The van der Waals surface area contributed by atoms with Crippen molar-refractivity contribution in [2.75, 3.05) is 0 Å². The van der Waals surface area contributed by atoms with Gasteiger partial charge in [0.15, 0.2) is 0 Å². The van der Waals surface area contributed by atoms with Crippen molar-refractivity contribution in [2.45, 2.75) is 77.0 Å². The highest BCUT2D eigenvalue weighted by atomic mass is 15.2. The van der Waals surface area contributed by atoms with Crippen molar-refractivity contribution in [3.05, 3.63) is 24.3 Å². The van der Waals surface area contributed by atoms with E-state index in [-0.39, 0.29) is 0 Å². The first kappa shape index (κ1) is 16.6. The summed E-state index contributed by atoms with van der Waals surface area (Å²) < 4.78 is 0. The molecule has 6 nitrogen and oxygen atoms in total. The van der Waals surface area contributed by atoms with Crippen LogP contribution in [0, 0.1) is 0 Å². The van der Waals surface area contributed by atoms with Crippen LogP contribution in [0.5, 0.6) is 0 Å². The van der Waals surface area contributed by atoms with Crippen molar-refractivity contribution < 1.29 is 0 Å². The molecule has 0 radical (unpaired) electrons. The van der Waals surface area contributed by atoms with Crippen molar-refractivity contribution in [3.63, 3.8) is 0 Å². The molecule has 0 aliphatic carbocycles. The third kappa shape index (κ3) is 7.33. The number of rotatable bonds is 13. The number of aromatic nitrogens is 6. The quantitative estimate of drug-likeness (QED) is 0.554. The molecule has 0 aliphatic heterocycles. The third-order valence-corrected chi connectivity index (χ3v) is 3.98. The predicted octanol–water partition coefficient (Wildman–Crippen LogP) is 3.61. The Bertz CT molecular complexity index is 407. The van der Waals surface area contributed by atoms with Gasteiger partial charge >= 0.3 is 0 Å². The van der Waals surface area contributed by atoms with Crippen molar-refractivity contribution in [1.82, 2.24) is 30.4 Å². The minimum Gasteiger partial charge on any atom is -0.266 e. The Morgan fingerprint density at radius 1 is 0.545 bits per heavy atom. The summed E-state index contributed by atoms with van der Waals surface area (Å²) in [5, 5.41) is 13.7. The molecular weight excluding hydrogens is 276 g/mol. The topological polar surface area (TPSA) is 83.1 Å². The van der Waals surface area contributed by atoms with Crippen molar-refractivity contribution in [2.24, 2.45) is 0 Å². The highest BCUT2D eigenvalue weighted by molar-refractivity contribution is 4.79. The van der Waals surface area contributed by atoms with Gasteiger partial charge in [0.25, 0.3) is 0 Å². The highest BCUT2D eigenvalue weighted by Gasteiger charge is 1.98. The lowest BCUT2D eigenvalue weighted by molar-refractivity contribution is 0.548. The monoisotopic (exact) mass is 304 g/mol. The van der Waals surface area contributed by atoms with Crippen LogP contribution in [0.1, 0.15) is 75.9 Å². The number of unbranched alkanes of at least 4 members (excludes halogenated alkanes) is 9.